The maximum absolute atomic E-state index is 10.8. The fourth-order valence-corrected chi connectivity index (χ4v) is 6.35. The van der Waals surface area contributed by atoms with Crippen LogP contribution in [0, 0.1) is 29.6 Å². The van der Waals surface area contributed by atoms with Crippen molar-refractivity contribution in [1.29, 1.82) is 0 Å². The van der Waals surface area contributed by atoms with Gasteiger partial charge in [-0.15, -0.1) is 0 Å². The fraction of sp³-hybridized carbons (Fsp3) is 0.944. The molecule has 5 nitrogen and oxygen atoms in total. The molecule has 5 aliphatic carbocycles. The average molecular weight is 344 g/mol. The Morgan fingerprint density at radius 3 is 2.08 bits per heavy atom. The molecule has 5 saturated carbocycles. The van der Waals surface area contributed by atoms with E-state index in [0.717, 1.165) is 37.5 Å². The molecule has 6 rings (SSSR count). The predicted molar refractivity (Wildman–Crippen MR) is 77.3 cm³/mol. The molecule has 1 heterocycles. The molecule has 6 heteroatoms. The molecule has 24 heavy (non-hydrogen) atoms. The standard InChI is InChI=1S/C18H26O5.Na/c19-16(20)10-11-1-3-17(4-2-11)21-18(23-22-17)14-6-12-5-13(8-14)9-15(18)7-12;/h11-15H,1-10H2,(H,19,20);/q;+1/p-1. The zero-order valence-corrected chi connectivity index (χ0v) is 16.5. The van der Waals surface area contributed by atoms with E-state index >= 15 is 0 Å². The first kappa shape index (κ1) is 17.7. The molecule has 6 fully saturated rings. The van der Waals surface area contributed by atoms with Crippen LogP contribution in [-0.4, -0.2) is 17.5 Å². The van der Waals surface area contributed by atoms with Crippen molar-refractivity contribution in [2.75, 3.05) is 0 Å². The van der Waals surface area contributed by atoms with Crippen LogP contribution in [0.25, 0.3) is 0 Å². The summed E-state index contributed by atoms with van der Waals surface area (Å²) in [5.41, 5.74) is 0. The number of carbonyl (C=O) groups is 1. The Bertz CT molecular complexity index is 486. The molecule has 2 spiro atoms. The van der Waals surface area contributed by atoms with Gasteiger partial charge in [-0.05, 0) is 69.1 Å². The number of hydrogen-bond acceptors (Lipinski definition) is 5. The Balaban J connectivity index is 0.00000146. The average Bonchev–Trinajstić information content (AvgIpc) is 2.87. The van der Waals surface area contributed by atoms with E-state index < -0.39 is 17.5 Å². The second-order valence-corrected chi connectivity index (χ2v) is 8.72. The summed E-state index contributed by atoms with van der Waals surface area (Å²) in [6.45, 7) is 0. The Morgan fingerprint density at radius 2 is 1.54 bits per heavy atom. The first-order valence-electron chi connectivity index (χ1n) is 9.34. The molecule has 0 atom stereocenters. The summed E-state index contributed by atoms with van der Waals surface area (Å²) in [6.07, 6.45) is 9.54. The minimum absolute atomic E-state index is 0. The smallest absolute Gasteiger partial charge is 0.550 e. The number of carbonyl (C=O) groups excluding carboxylic acids is 1. The van der Waals surface area contributed by atoms with Crippen molar-refractivity contribution in [1.82, 2.24) is 0 Å². The van der Waals surface area contributed by atoms with Gasteiger partial charge in [-0.25, -0.2) is 0 Å². The van der Waals surface area contributed by atoms with Crippen LogP contribution in [0.3, 0.4) is 0 Å². The van der Waals surface area contributed by atoms with Gasteiger partial charge in [0.2, 0.25) is 11.6 Å². The van der Waals surface area contributed by atoms with Crippen molar-refractivity contribution in [3.8, 4) is 0 Å². The molecule has 0 aromatic carbocycles. The number of hydrogen-bond donors (Lipinski definition) is 0. The molecule has 1 saturated heterocycles. The second kappa shape index (κ2) is 6.21. The molecule has 1 aliphatic heterocycles. The van der Waals surface area contributed by atoms with Gasteiger partial charge < -0.3 is 14.6 Å². The summed E-state index contributed by atoms with van der Waals surface area (Å²) in [5.74, 6) is 0.808. The van der Waals surface area contributed by atoms with E-state index in [1.165, 1.54) is 32.1 Å². The van der Waals surface area contributed by atoms with Crippen molar-refractivity contribution in [3.63, 3.8) is 0 Å². The Kier molecular flexibility index (Phi) is 4.59. The molecule has 0 amide bonds. The third-order valence-corrected chi connectivity index (χ3v) is 7.27. The Hall–Kier alpha value is 0.350. The zero-order valence-electron chi connectivity index (χ0n) is 14.5. The molecule has 0 N–H and O–H groups in total. The number of carboxylic acids is 1. The van der Waals surface area contributed by atoms with E-state index in [-0.39, 0.29) is 41.9 Å². The van der Waals surface area contributed by atoms with Crippen LogP contribution in [0.2, 0.25) is 0 Å². The summed E-state index contributed by atoms with van der Waals surface area (Å²) in [5, 5.41) is 10.8. The van der Waals surface area contributed by atoms with Crippen LogP contribution < -0.4 is 34.7 Å². The maximum Gasteiger partial charge on any atom is 1.00 e. The Labute approximate surface area is 165 Å². The minimum Gasteiger partial charge on any atom is -0.550 e. The molecule has 6 aliphatic rings. The third-order valence-electron chi connectivity index (χ3n) is 7.27. The SMILES string of the molecule is O=C([O-])CC1CCC2(CC1)OOC1(O2)C2CC3CC(C2)CC1C3.[Na+]. The van der Waals surface area contributed by atoms with Gasteiger partial charge in [0, 0.05) is 30.6 Å². The van der Waals surface area contributed by atoms with E-state index in [4.69, 9.17) is 14.5 Å². The van der Waals surface area contributed by atoms with Crippen molar-refractivity contribution in [2.24, 2.45) is 29.6 Å². The number of ether oxygens (including phenoxy) is 1. The van der Waals surface area contributed by atoms with Gasteiger partial charge in [-0.2, -0.15) is 9.78 Å². The van der Waals surface area contributed by atoms with Crippen molar-refractivity contribution < 1.29 is 54.0 Å². The quantitative estimate of drug-likeness (QED) is 0.482. The normalized spacial score (nSPS) is 51.9. The predicted octanol–water partition coefficient (Wildman–Crippen LogP) is -0.852. The molecule has 4 bridgehead atoms. The van der Waals surface area contributed by atoms with Crippen LogP contribution >= 0.6 is 0 Å². The van der Waals surface area contributed by atoms with Gasteiger partial charge in [-0.3, -0.25) is 0 Å². The third kappa shape index (κ3) is 2.71. The molecular formula is C18H25NaO5. The topological polar surface area (TPSA) is 67.8 Å². The second-order valence-electron chi connectivity index (χ2n) is 8.72. The van der Waals surface area contributed by atoms with Crippen LogP contribution in [0.1, 0.15) is 64.2 Å². The van der Waals surface area contributed by atoms with E-state index in [9.17, 15) is 9.90 Å². The van der Waals surface area contributed by atoms with Crippen molar-refractivity contribution in [3.05, 3.63) is 0 Å². The van der Waals surface area contributed by atoms with E-state index in [1.54, 1.807) is 0 Å². The van der Waals surface area contributed by atoms with Crippen LogP contribution in [-0.2, 0) is 19.3 Å². The van der Waals surface area contributed by atoms with E-state index in [2.05, 4.69) is 0 Å². The first-order chi connectivity index (χ1) is 11.1. The maximum atomic E-state index is 10.8. The van der Waals surface area contributed by atoms with Crippen molar-refractivity contribution >= 4 is 5.97 Å². The van der Waals surface area contributed by atoms with Crippen molar-refractivity contribution in [2.45, 2.75) is 75.8 Å². The van der Waals surface area contributed by atoms with Crippen LogP contribution in [0.15, 0.2) is 0 Å². The van der Waals surface area contributed by atoms with Gasteiger partial charge in [0.1, 0.15) is 0 Å². The minimum atomic E-state index is -0.951. The van der Waals surface area contributed by atoms with Gasteiger partial charge in [-0.1, -0.05) is 0 Å². The molecule has 0 aromatic heterocycles. The summed E-state index contributed by atoms with van der Waals surface area (Å²) >= 11 is 0. The summed E-state index contributed by atoms with van der Waals surface area (Å²) in [4.78, 5) is 22.6. The Morgan fingerprint density at radius 1 is 0.958 bits per heavy atom. The van der Waals surface area contributed by atoms with Gasteiger partial charge in [0.05, 0.1) is 0 Å². The monoisotopic (exact) mass is 344 g/mol. The molecule has 128 valence electrons. The molecular weight excluding hydrogens is 319 g/mol. The summed E-state index contributed by atoms with van der Waals surface area (Å²) in [6, 6.07) is 0. The number of rotatable bonds is 2. The van der Waals surface area contributed by atoms with Gasteiger partial charge >= 0.3 is 29.6 Å². The van der Waals surface area contributed by atoms with Gasteiger partial charge in [0.25, 0.3) is 0 Å². The summed E-state index contributed by atoms with van der Waals surface area (Å²) in [7, 11) is 0. The zero-order chi connectivity index (χ0) is 15.7. The first-order valence-corrected chi connectivity index (χ1v) is 9.34. The van der Waals surface area contributed by atoms with Crippen LogP contribution in [0.5, 0.6) is 0 Å². The van der Waals surface area contributed by atoms with E-state index in [0.29, 0.717) is 11.8 Å². The fourth-order valence-electron chi connectivity index (χ4n) is 6.35. The largest absolute Gasteiger partial charge is 1.00 e. The molecule has 0 aromatic rings. The molecule has 0 radical (unpaired) electrons. The van der Waals surface area contributed by atoms with Gasteiger partial charge in [0.15, 0.2) is 0 Å². The summed E-state index contributed by atoms with van der Waals surface area (Å²) < 4.78 is 6.60. The number of carboxylic acid groups (broad SMARTS) is 1. The number of aliphatic carboxylic acids is 1. The molecule has 0 unspecified atom stereocenters. The van der Waals surface area contributed by atoms with E-state index in [1.807, 2.05) is 0 Å². The van der Waals surface area contributed by atoms with Crippen LogP contribution in [0.4, 0.5) is 0 Å².